The van der Waals surface area contributed by atoms with Crippen molar-refractivity contribution < 1.29 is 4.79 Å². The number of piperazine rings is 1. The predicted molar refractivity (Wildman–Crippen MR) is 97.5 cm³/mol. The predicted octanol–water partition coefficient (Wildman–Crippen LogP) is 2.99. The number of carbonyl (C=O) groups is 1. The van der Waals surface area contributed by atoms with E-state index in [9.17, 15) is 4.79 Å². The minimum absolute atomic E-state index is 0.0406. The van der Waals surface area contributed by atoms with Crippen LogP contribution >= 0.6 is 11.3 Å². The summed E-state index contributed by atoms with van der Waals surface area (Å²) < 4.78 is 0. The zero-order valence-corrected chi connectivity index (χ0v) is 14.5. The molecule has 23 heavy (non-hydrogen) atoms. The third-order valence-corrected chi connectivity index (χ3v) is 5.03. The highest BCUT2D eigenvalue weighted by Crippen LogP contribution is 2.24. The number of rotatable bonds is 4. The summed E-state index contributed by atoms with van der Waals surface area (Å²) in [5.41, 5.74) is 4.33. The number of likely N-dealkylation sites (N-methyl/N-ethyl adjacent to an activating group) is 1. The van der Waals surface area contributed by atoms with Crippen LogP contribution in [0, 0.1) is 6.92 Å². The molecule has 2 heterocycles. The molecule has 0 saturated carbocycles. The molecular weight excluding hydrogens is 306 g/mol. The molecule has 0 unspecified atom stereocenters. The summed E-state index contributed by atoms with van der Waals surface area (Å²) in [5, 5.41) is 7.04. The normalized spacial score (nSPS) is 15.7. The van der Waals surface area contributed by atoms with Gasteiger partial charge in [0.1, 0.15) is 0 Å². The topological polar surface area (TPSA) is 35.6 Å². The number of hydrogen-bond acceptors (Lipinski definition) is 4. The van der Waals surface area contributed by atoms with E-state index in [4.69, 9.17) is 0 Å². The molecule has 2 aromatic rings. The van der Waals surface area contributed by atoms with Crippen LogP contribution in [0.5, 0.6) is 0 Å². The molecule has 1 N–H and O–H groups in total. The number of benzene rings is 1. The second-order valence-electron chi connectivity index (χ2n) is 6.15. The molecule has 0 aliphatic carbocycles. The average molecular weight is 329 g/mol. The summed E-state index contributed by atoms with van der Waals surface area (Å²) in [4.78, 5) is 16.9. The summed E-state index contributed by atoms with van der Waals surface area (Å²) in [6, 6.07) is 8.30. The number of amides is 1. The van der Waals surface area contributed by atoms with Gasteiger partial charge in [-0.15, -0.1) is 0 Å². The van der Waals surface area contributed by atoms with Gasteiger partial charge in [0, 0.05) is 37.6 Å². The Kier molecular flexibility index (Phi) is 4.98. The number of nitrogens with one attached hydrogen (secondary N) is 1. The Morgan fingerprint density at radius 1 is 1.22 bits per heavy atom. The quantitative estimate of drug-likeness (QED) is 0.937. The van der Waals surface area contributed by atoms with Gasteiger partial charge in [-0.2, -0.15) is 11.3 Å². The zero-order chi connectivity index (χ0) is 16.2. The lowest BCUT2D eigenvalue weighted by Gasteiger charge is -2.34. The maximum absolute atomic E-state index is 12.1. The molecule has 1 aliphatic heterocycles. The molecule has 1 amide bonds. The first kappa shape index (κ1) is 16.0. The Labute approximate surface area is 141 Å². The third kappa shape index (κ3) is 4.12. The van der Waals surface area contributed by atoms with E-state index < -0.39 is 0 Å². The standard InChI is InChI=1S/C18H23N3OS/c1-14-11-16(21-8-6-20(2)7-9-21)3-4-17(14)19-18(22)12-15-5-10-23-13-15/h3-5,10-11,13H,6-9,12H2,1-2H3,(H,19,22). The Hall–Kier alpha value is -1.85. The average Bonchev–Trinajstić information content (AvgIpc) is 3.03. The molecule has 5 heteroatoms. The fourth-order valence-electron chi connectivity index (χ4n) is 2.82. The van der Waals surface area contributed by atoms with Crippen molar-refractivity contribution in [2.45, 2.75) is 13.3 Å². The Morgan fingerprint density at radius 2 is 2.00 bits per heavy atom. The molecule has 4 nitrogen and oxygen atoms in total. The van der Waals surface area contributed by atoms with Crippen molar-refractivity contribution in [3.63, 3.8) is 0 Å². The highest BCUT2D eigenvalue weighted by molar-refractivity contribution is 7.08. The first-order valence-electron chi connectivity index (χ1n) is 7.97. The van der Waals surface area contributed by atoms with Crippen molar-refractivity contribution in [1.29, 1.82) is 0 Å². The van der Waals surface area contributed by atoms with Crippen molar-refractivity contribution in [2.75, 3.05) is 43.4 Å². The van der Waals surface area contributed by atoms with Crippen LogP contribution in [-0.4, -0.2) is 44.0 Å². The number of carbonyl (C=O) groups excluding carboxylic acids is 1. The lowest BCUT2D eigenvalue weighted by Crippen LogP contribution is -2.44. The van der Waals surface area contributed by atoms with Gasteiger partial charge in [0.25, 0.3) is 0 Å². The molecular formula is C18H23N3OS. The van der Waals surface area contributed by atoms with Crippen LogP contribution in [0.2, 0.25) is 0 Å². The molecule has 1 aromatic heterocycles. The molecule has 0 bridgehead atoms. The van der Waals surface area contributed by atoms with Crippen molar-refractivity contribution in [2.24, 2.45) is 0 Å². The monoisotopic (exact) mass is 329 g/mol. The van der Waals surface area contributed by atoms with E-state index in [1.807, 2.05) is 22.9 Å². The third-order valence-electron chi connectivity index (χ3n) is 4.30. The Bertz CT molecular complexity index is 661. The lowest BCUT2D eigenvalue weighted by molar-refractivity contribution is -0.115. The zero-order valence-electron chi connectivity index (χ0n) is 13.7. The van der Waals surface area contributed by atoms with Crippen LogP contribution in [0.3, 0.4) is 0 Å². The molecule has 1 fully saturated rings. The van der Waals surface area contributed by atoms with Gasteiger partial charge in [-0.05, 0) is 60.1 Å². The summed E-state index contributed by atoms with van der Waals surface area (Å²) >= 11 is 1.62. The van der Waals surface area contributed by atoms with E-state index >= 15 is 0 Å². The van der Waals surface area contributed by atoms with E-state index in [0.29, 0.717) is 6.42 Å². The van der Waals surface area contributed by atoms with Gasteiger partial charge in [-0.1, -0.05) is 0 Å². The first-order chi connectivity index (χ1) is 11.1. The van der Waals surface area contributed by atoms with Crippen molar-refractivity contribution in [3.8, 4) is 0 Å². The van der Waals surface area contributed by atoms with E-state index in [2.05, 4.69) is 41.2 Å². The Morgan fingerprint density at radius 3 is 2.65 bits per heavy atom. The van der Waals surface area contributed by atoms with E-state index in [1.165, 1.54) is 5.69 Å². The highest BCUT2D eigenvalue weighted by Gasteiger charge is 2.15. The summed E-state index contributed by atoms with van der Waals surface area (Å²) in [6.45, 7) is 6.36. The van der Waals surface area contributed by atoms with Crippen LogP contribution in [0.25, 0.3) is 0 Å². The number of anilines is 2. The van der Waals surface area contributed by atoms with Crippen LogP contribution < -0.4 is 10.2 Å². The largest absolute Gasteiger partial charge is 0.369 e. The summed E-state index contributed by atoms with van der Waals surface area (Å²) in [7, 11) is 2.16. The SMILES string of the molecule is Cc1cc(N2CCN(C)CC2)ccc1NC(=O)Cc1ccsc1. The molecule has 122 valence electrons. The minimum atomic E-state index is 0.0406. The lowest BCUT2D eigenvalue weighted by atomic mass is 10.1. The van der Waals surface area contributed by atoms with Gasteiger partial charge in [0.05, 0.1) is 6.42 Å². The molecule has 0 radical (unpaired) electrons. The molecule has 0 spiro atoms. The first-order valence-corrected chi connectivity index (χ1v) is 8.91. The molecule has 1 aromatic carbocycles. The fourth-order valence-corrected chi connectivity index (χ4v) is 3.49. The molecule has 1 saturated heterocycles. The number of thiophene rings is 1. The van der Waals surface area contributed by atoms with Gasteiger partial charge >= 0.3 is 0 Å². The van der Waals surface area contributed by atoms with Gasteiger partial charge in [-0.25, -0.2) is 0 Å². The van der Waals surface area contributed by atoms with Crippen molar-refractivity contribution in [1.82, 2.24) is 4.90 Å². The minimum Gasteiger partial charge on any atom is -0.369 e. The van der Waals surface area contributed by atoms with E-state index in [0.717, 1.165) is 43.0 Å². The van der Waals surface area contributed by atoms with Crippen molar-refractivity contribution in [3.05, 3.63) is 46.2 Å². The molecule has 0 atom stereocenters. The second kappa shape index (κ2) is 7.15. The number of nitrogens with zero attached hydrogens (tertiary/aromatic N) is 2. The maximum Gasteiger partial charge on any atom is 0.228 e. The molecule has 1 aliphatic rings. The Balaban J connectivity index is 1.63. The van der Waals surface area contributed by atoms with Gasteiger partial charge < -0.3 is 15.1 Å². The van der Waals surface area contributed by atoms with Gasteiger partial charge in [0.15, 0.2) is 0 Å². The van der Waals surface area contributed by atoms with Gasteiger partial charge in [-0.3, -0.25) is 4.79 Å². The van der Waals surface area contributed by atoms with Crippen LogP contribution in [0.4, 0.5) is 11.4 Å². The van der Waals surface area contributed by atoms with Crippen molar-refractivity contribution >= 4 is 28.6 Å². The summed E-state index contributed by atoms with van der Waals surface area (Å²) in [6.07, 6.45) is 0.434. The van der Waals surface area contributed by atoms with E-state index in [1.54, 1.807) is 11.3 Å². The fraction of sp³-hybridized carbons (Fsp3) is 0.389. The number of aryl methyl sites for hydroxylation is 1. The highest BCUT2D eigenvalue weighted by atomic mass is 32.1. The van der Waals surface area contributed by atoms with Crippen LogP contribution in [-0.2, 0) is 11.2 Å². The van der Waals surface area contributed by atoms with Crippen LogP contribution in [0.15, 0.2) is 35.0 Å². The smallest absolute Gasteiger partial charge is 0.228 e. The van der Waals surface area contributed by atoms with Gasteiger partial charge in [0.2, 0.25) is 5.91 Å². The number of hydrogen-bond donors (Lipinski definition) is 1. The maximum atomic E-state index is 12.1. The van der Waals surface area contributed by atoms with Crippen LogP contribution in [0.1, 0.15) is 11.1 Å². The second-order valence-corrected chi connectivity index (χ2v) is 6.93. The summed E-state index contributed by atoms with van der Waals surface area (Å²) in [5.74, 6) is 0.0406. The van der Waals surface area contributed by atoms with E-state index in [-0.39, 0.29) is 5.91 Å². The molecule has 3 rings (SSSR count).